The first-order valence-corrected chi connectivity index (χ1v) is 8.92. The molecule has 2 rings (SSSR count). The first-order valence-electron chi connectivity index (χ1n) is 8.92. The highest BCUT2D eigenvalue weighted by atomic mass is 15.0. The van der Waals surface area contributed by atoms with E-state index < -0.39 is 0 Å². The lowest BCUT2D eigenvalue weighted by atomic mass is 9.70. The molecule has 1 aliphatic carbocycles. The van der Waals surface area contributed by atoms with Crippen molar-refractivity contribution < 1.29 is 0 Å². The first-order chi connectivity index (χ1) is 10.1. The fourth-order valence-corrected chi connectivity index (χ4v) is 3.73. The molecule has 1 nitrogen and oxygen atoms in total. The summed E-state index contributed by atoms with van der Waals surface area (Å²) in [4.78, 5) is 0. The molecule has 2 atom stereocenters. The van der Waals surface area contributed by atoms with Gasteiger partial charge >= 0.3 is 0 Å². The number of benzene rings is 1. The summed E-state index contributed by atoms with van der Waals surface area (Å²) in [7, 11) is 0. The van der Waals surface area contributed by atoms with Crippen LogP contribution in [0.25, 0.3) is 0 Å². The van der Waals surface area contributed by atoms with E-state index in [1.165, 1.54) is 44.9 Å². The minimum atomic E-state index is 0.354. The van der Waals surface area contributed by atoms with Crippen molar-refractivity contribution in [2.24, 2.45) is 5.41 Å². The summed E-state index contributed by atoms with van der Waals surface area (Å²) in [6, 6.07) is 10.2. The largest absolute Gasteiger partial charge is 0.307 e. The zero-order chi connectivity index (χ0) is 15.3. The molecule has 1 heteroatoms. The third-order valence-corrected chi connectivity index (χ3v) is 5.13. The van der Waals surface area contributed by atoms with Gasteiger partial charge in [0.15, 0.2) is 0 Å². The molecule has 1 aromatic carbocycles. The Kier molecular flexibility index (Phi) is 5.87. The molecule has 0 amide bonds. The second kappa shape index (κ2) is 7.45. The number of hydrogen-bond donors (Lipinski definition) is 1. The van der Waals surface area contributed by atoms with Crippen LogP contribution in [0.2, 0.25) is 0 Å². The Morgan fingerprint density at radius 3 is 2.62 bits per heavy atom. The normalized spacial score (nSPS) is 21.8. The zero-order valence-corrected chi connectivity index (χ0v) is 14.4. The summed E-state index contributed by atoms with van der Waals surface area (Å²) in [6.45, 7) is 9.47. The van der Waals surface area contributed by atoms with Gasteiger partial charge in [0.2, 0.25) is 0 Å². The van der Waals surface area contributed by atoms with Gasteiger partial charge in [0, 0.05) is 12.1 Å². The van der Waals surface area contributed by atoms with Crippen molar-refractivity contribution in [1.29, 1.82) is 0 Å². The molecule has 0 bridgehead atoms. The predicted molar refractivity (Wildman–Crippen MR) is 92.6 cm³/mol. The highest BCUT2D eigenvalue weighted by Gasteiger charge is 2.36. The van der Waals surface area contributed by atoms with Crippen molar-refractivity contribution in [3.63, 3.8) is 0 Å². The Labute approximate surface area is 131 Å². The van der Waals surface area contributed by atoms with Crippen LogP contribution in [0.3, 0.4) is 0 Å². The van der Waals surface area contributed by atoms with Crippen LogP contribution in [0.1, 0.15) is 83.4 Å². The van der Waals surface area contributed by atoms with Gasteiger partial charge in [-0.1, -0.05) is 71.2 Å². The topological polar surface area (TPSA) is 12.0 Å². The molecule has 1 N–H and O–H groups in total. The summed E-state index contributed by atoms with van der Waals surface area (Å²) < 4.78 is 0. The minimum absolute atomic E-state index is 0.354. The van der Waals surface area contributed by atoms with Crippen molar-refractivity contribution in [2.45, 2.75) is 84.7 Å². The highest BCUT2D eigenvalue weighted by Crippen LogP contribution is 2.43. The van der Waals surface area contributed by atoms with Crippen LogP contribution in [0.15, 0.2) is 24.3 Å². The molecule has 0 saturated heterocycles. The van der Waals surface area contributed by atoms with E-state index >= 15 is 0 Å². The third kappa shape index (κ3) is 4.10. The Bertz CT molecular complexity index is 435. The van der Waals surface area contributed by atoms with E-state index in [-0.39, 0.29) is 0 Å². The van der Waals surface area contributed by atoms with Gasteiger partial charge in [-0.2, -0.15) is 0 Å². The predicted octanol–water partition coefficient (Wildman–Crippen LogP) is 5.65. The zero-order valence-electron chi connectivity index (χ0n) is 14.4. The molecule has 118 valence electrons. The molecule has 2 unspecified atom stereocenters. The maximum absolute atomic E-state index is 4.04. The maximum Gasteiger partial charge on any atom is 0.0376 e. The van der Waals surface area contributed by atoms with Gasteiger partial charge in [-0.15, -0.1) is 0 Å². The maximum atomic E-state index is 4.04. The average molecular weight is 287 g/mol. The fourth-order valence-electron chi connectivity index (χ4n) is 3.73. The molecular formula is C20H33N. The highest BCUT2D eigenvalue weighted by molar-refractivity contribution is 5.34. The van der Waals surface area contributed by atoms with Crippen molar-refractivity contribution in [1.82, 2.24) is 5.32 Å². The standard InChI is InChI=1S/C20H33N/c1-5-7-12-17(10-6-2)21-19-18-13-9-8-11-16(18)14-15-20(19,3)4/h8-9,11,13,17,19,21H,5-7,10,12,14-15H2,1-4H3. The van der Waals surface area contributed by atoms with E-state index in [0.29, 0.717) is 17.5 Å². The van der Waals surface area contributed by atoms with Crippen LogP contribution in [-0.4, -0.2) is 6.04 Å². The van der Waals surface area contributed by atoms with Crippen LogP contribution in [0.5, 0.6) is 0 Å². The second-order valence-corrected chi connectivity index (χ2v) is 7.41. The third-order valence-electron chi connectivity index (χ3n) is 5.13. The SMILES string of the molecule is CCCCC(CCC)NC1c2ccccc2CCC1(C)C. The first kappa shape index (κ1) is 16.5. The monoisotopic (exact) mass is 287 g/mol. The summed E-state index contributed by atoms with van der Waals surface area (Å²) in [5.74, 6) is 0. The molecule has 0 fully saturated rings. The van der Waals surface area contributed by atoms with Gasteiger partial charge in [0.1, 0.15) is 0 Å². The van der Waals surface area contributed by atoms with E-state index in [4.69, 9.17) is 0 Å². The number of aryl methyl sites for hydroxylation is 1. The summed E-state index contributed by atoms with van der Waals surface area (Å²) >= 11 is 0. The molecule has 21 heavy (non-hydrogen) atoms. The van der Waals surface area contributed by atoms with E-state index in [2.05, 4.69) is 57.3 Å². The minimum Gasteiger partial charge on any atom is -0.307 e. The van der Waals surface area contributed by atoms with Crippen molar-refractivity contribution in [3.05, 3.63) is 35.4 Å². The van der Waals surface area contributed by atoms with E-state index in [1.807, 2.05) is 0 Å². The summed E-state index contributed by atoms with van der Waals surface area (Å²) in [5.41, 5.74) is 3.46. The Morgan fingerprint density at radius 2 is 1.90 bits per heavy atom. The molecule has 0 saturated carbocycles. The number of unbranched alkanes of at least 4 members (excludes halogenated alkanes) is 1. The lowest BCUT2D eigenvalue weighted by Crippen LogP contribution is -2.43. The molecule has 0 radical (unpaired) electrons. The number of fused-ring (bicyclic) bond motifs is 1. The van der Waals surface area contributed by atoms with Crippen LogP contribution >= 0.6 is 0 Å². The Balaban J connectivity index is 2.18. The lowest BCUT2D eigenvalue weighted by Gasteiger charge is -2.42. The summed E-state index contributed by atoms with van der Waals surface area (Å²) in [6.07, 6.45) is 9.05. The van der Waals surface area contributed by atoms with Crippen LogP contribution in [0, 0.1) is 5.41 Å². The fraction of sp³-hybridized carbons (Fsp3) is 0.700. The van der Waals surface area contributed by atoms with Gasteiger partial charge in [0.25, 0.3) is 0 Å². The Morgan fingerprint density at radius 1 is 1.14 bits per heavy atom. The lowest BCUT2D eigenvalue weighted by molar-refractivity contribution is 0.186. The van der Waals surface area contributed by atoms with Crippen LogP contribution in [-0.2, 0) is 6.42 Å². The molecular weight excluding hydrogens is 254 g/mol. The molecule has 0 aliphatic heterocycles. The van der Waals surface area contributed by atoms with Gasteiger partial charge in [-0.05, 0) is 42.2 Å². The number of hydrogen-bond acceptors (Lipinski definition) is 1. The van der Waals surface area contributed by atoms with Crippen molar-refractivity contribution in [2.75, 3.05) is 0 Å². The number of nitrogens with one attached hydrogen (secondary N) is 1. The van der Waals surface area contributed by atoms with E-state index in [1.54, 1.807) is 11.1 Å². The van der Waals surface area contributed by atoms with Crippen LogP contribution in [0.4, 0.5) is 0 Å². The van der Waals surface area contributed by atoms with Crippen molar-refractivity contribution in [3.8, 4) is 0 Å². The average Bonchev–Trinajstić information content (AvgIpc) is 2.47. The second-order valence-electron chi connectivity index (χ2n) is 7.41. The smallest absolute Gasteiger partial charge is 0.0376 e. The van der Waals surface area contributed by atoms with Gasteiger partial charge in [-0.25, -0.2) is 0 Å². The van der Waals surface area contributed by atoms with Gasteiger partial charge in [-0.3, -0.25) is 0 Å². The van der Waals surface area contributed by atoms with E-state index in [9.17, 15) is 0 Å². The molecule has 0 spiro atoms. The summed E-state index contributed by atoms with van der Waals surface area (Å²) in [5, 5.41) is 4.04. The van der Waals surface area contributed by atoms with Gasteiger partial charge in [0.05, 0.1) is 0 Å². The Hall–Kier alpha value is -0.820. The van der Waals surface area contributed by atoms with E-state index in [0.717, 1.165) is 0 Å². The molecule has 1 aliphatic rings. The molecule has 0 heterocycles. The quantitative estimate of drug-likeness (QED) is 0.683. The van der Waals surface area contributed by atoms with Gasteiger partial charge < -0.3 is 5.32 Å². The number of rotatable bonds is 7. The van der Waals surface area contributed by atoms with Crippen molar-refractivity contribution >= 4 is 0 Å². The molecule has 1 aromatic rings. The molecule has 0 aromatic heterocycles. The van der Waals surface area contributed by atoms with Crippen LogP contribution < -0.4 is 5.32 Å².